The summed E-state index contributed by atoms with van der Waals surface area (Å²) in [5.41, 5.74) is 0. The van der Waals surface area contributed by atoms with Crippen LogP contribution in [0.2, 0.25) is 0 Å². The average Bonchev–Trinajstić information content (AvgIpc) is 3.27. The van der Waals surface area contributed by atoms with Crippen LogP contribution < -0.4 is 0 Å². The van der Waals surface area contributed by atoms with Gasteiger partial charge < -0.3 is 0 Å². The Labute approximate surface area is 182 Å². The molecule has 2 aliphatic rings. The van der Waals surface area contributed by atoms with Crippen molar-refractivity contribution in [1.29, 1.82) is 0 Å². The normalized spacial score (nSPS) is 30.1. The third-order valence-corrected chi connectivity index (χ3v) is 14.6. The van der Waals surface area contributed by atoms with Crippen molar-refractivity contribution in [3.8, 4) is 0 Å². The van der Waals surface area contributed by atoms with Crippen molar-refractivity contribution in [1.82, 2.24) is 0 Å². The van der Waals surface area contributed by atoms with Crippen molar-refractivity contribution in [3.05, 3.63) is 24.3 Å². The van der Waals surface area contributed by atoms with Gasteiger partial charge in [0.25, 0.3) is 0 Å². The van der Waals surface area contributed by atoms with Gasteiger partial charge in [-0.25, -0.2) is 0 Å². The number of thiol groups is 2. The Morgan fingerprint density at radius 1 is 0.875 bits per heavy atom. The summed E-state index contributed by atoms with van der Waals surface area (Å²) in [7, 11) is 0. The first-order chi connectivity index (χ1) is 11.8. The topological polar surface area (TPSA) is 0 Å². The van der Waals surface area contributed by atoms with Gasteiger partial charge in [-0.3, -0.25) is 0 Å². The Hall–Kier alpha value is 2.02. The summed E-state index contributed by atoms with van der Waals surface area (Å²) in [6.45, 7) is 0. The standard InChI is InChI=1S/C16H22S8/c17-5-13-7-21-15(23-13)9-19-11-2-1-3-12(4-11)20-10-16-22-8-14(6-18)24-16/h1-4,13-18H,5-10H2. The van der Waals surface area contributed by atoms with E-state index in [2.05, 4.69) is 96.6 Å². The molecule has 8 heteroatoms. The summed E-state index contributed by atoms with van der Waals surface area (Å²) in [5.74, 6) is 6.95. The zero-order chi connectivity index (χ0) is 16.8. The minimum Gasteiger partial charge on any atom is -0.178 e. The molecule has 2 heterocycles. The van der Waals surface area contributed by atoms with Gasteiger partial charge in [0.2, 0.25) is 0 Å². The molecule has 0 amide bonds. The zero-order valence-electron chi connectivity index (χ0n) is 13.2. The van der Waals surface area contributed by atoms with Crippen LogP contribution in [0.15, 0.2) is 34.1 Å². The molecule has 2 fully saturated rings. The number of hydrogen-bond acceptors (Lipinski definition) is 8. The maximum atomic E-state index is 4.43. The minimum absolute atomic E-state index is 0.730. The lowest BCUT2D eigenvalue weighted by Crippen LogP contribution is -2.03. The van der Waals surface area contributed by atoms with E-state index in [1.807, 2.05) is 23.5 Å². The molecular weight excluding hydrogens is 449 g/mol. The molecule has 0 radical (unpaired) electrons. The second-order valence-electron chi connectivity index (χ2n) is 5.50. The van der Waals surface area contributed by atoms with E-state index in [1.165, 1.54) is 32.8 Å². The molecule has 134 valence electrons. The molecular formula is C16H22S8. The van der Waals surface area contributed by atoms with E-state index in [0.717, 1.165) is 31.2 Å². The fraction of sp³-hybridized carbons (Fsp3) is 0.625. The number of hydrogen-bond donors (Lipinski definition) is 2. The molecule has 1 aromatic rings. The second kappa shape index (κ2) is 11.1. The van der Waals surface area contributed by atoms with E-state index >= 15 is 0 Å². The van der Waals surface area contributed by atoms with Crippen LogP contribution in [0.4, 0.5) is 0 Å². The zero-order valence-corrected chi connectivity index (χ0v) is 19.9. The lowest BCUT2D eigenvalue weighted by atomic mass is 10.4. The van der Waals surface area contributed by atoms with Crippen LogP contribution in [0.3, 0.4) is 0 Å². The Bertz CT molecular complexity index is 469. The molecule has 0 N–H and O–H groups in total. The van der Waals surface area contributed by atoms with Gasteiger partial charge in [-0.2, -0.15) is 25.3 Å². The molecule has 0 bridgehead atoms. The first kappa shape index (κ1) is 20.7. The third kappa shape index (κ3) is 6.57. The van der Waals surface area contributed by atoms with E-state index in [1.54, 1.807) is 0 Å². The van der Waals surface area contributed by atoms with E-state index < -0.39 is 0 Å². The van der Waals surface area contributed by atoms with Crippen molar-refractivity contribution < 1.29 is 0 Å². The van der Waals surface area contributed by atoms with Gasteiger partial charge >= 0.3 is 0 Å². The maximum Gasteiger partial charge on any atom is 0.0600 e. The number of thioether (sulfide) groups is 6. The first-order valence-corrected chi connectivity index (χ1v) is 15.1. The first-order valence-electron chi connectivity index (χ1n) is 7.88. The second-order valence-corrected chi connectivity index (χ2v) is 14.5. The van der Waals surface area contributed by atoms with Crippen LogP contribution in [0.1, 0.15) is 0 Å². The molecule has 4 unspecified atom stereocenters. The van der Waals surface area contributed by atoms with Crippen molar-refractivity contribution in [3.63, 3.8) is 0 Å². The summed E-state index contributed by atoms with van der Waals surface area (Å²) >= 11 is 21.3. The molecule has 4 atom stereocenters. The van der Waals surface area contributed by atoms with Gasteiger partial charge in [-0.05, 0) is 18.2 Å². The van der Waals surface area contributed by atoms with E-state index in [4.69, 9.17) is 0 Å². The highest BCUT2D eigenvalue weighted by atomic mass is 32.2. The van der Waals surface area contributed by atoms with Gasteiger partial charge in [0.15, 0.2) is 0 Å². The van der Waals surface area contributed by atoms with E-state index in [9.17, 15) is 0 Å². The average molecular weight is 471 g/mol. The largest absolute Gasteiger partial charge is 0.178 e. The summed E-state index contributed by atoms with van der Waals surface area (Å²) in [4.78, 5) is 2.82. The van der Waals surface area contributed by atoms with Gasteiger partial charge in [0, 0.05) is 54.8 Å². The highest BCUT2D eigenvalue weighted by Gasteiger charge is 2.25. The Morgan fingerprint density at radius 2 is 1.38 bits per heavy atom. The fourth-order valence-electron chi connectivity index (χ4n) is 2.36. The molecule has 0 spiro atoms. The smallest absolute Gasteiger partial charge is 0.0600 e. The quantitative estimate of drug-likeness (QED) is 0.346. The van der Waals surface area contributed by atoms with Crippen LogP contribution in [-0.4, -0.2) is 54.2 Å². The molecule has 1 aromatic carbocycles. The van der Waals surface area contributed by atoms with Gasteiger partial charge in [-0.1, -0.05) is 6.07 Å². The molecule has 0 nitrogen and oxygen atoms in total. The Kier molecular flexibility index (Phi) is 9.62. The van der Waals surface area contributed by atoms with Crippen LogP contribution >= 0.6 is 95.8 Å². The summed E-state index contributed by atoms with van der Waals surface area (Å²) in [6.07, 6.45) is 0. The van der Waals surface area contributed by atoms with Crippen LogP contribution in [0.5, 0.6) is 0 Å². The summed E-state index contributed by atoms with van der Waals surface area (Å²) < 4.78 is 1.46. The van der Waals surface area contributed by atoms with Crippen molar-refractivity contribution in [2.45, 2.75) is 29.5 Å². The van der Waals surface area contributed by atoms with Crippen LogP contribution in [0, 0.1) is 0 Å². The van der Waals surface area contributed by atoms with Gasteiger partial charge in [0.05, 0.1) is 9.16 Å². The van der Waals surface area contributed by atoms with E-state index in [-0.39, 0.29) is 0 Å². The van der Waals surface area contributed by atoms with Crippen molar-refractivity contribution >= 4 is 95.8 Å². The fourth-order valence-corrected chi connectivity index (χ4v) is 12.5. The lowest BCUT2D eigenvalue weighted by molar-refractivity contribution is 1.17. The van der Waals surface area contributed by atoms with Crippen molar-refractivity contribution in [2.75, 3.05) is 34.5 Å². The molecule has 24 heavy (non-hydrogen) atoms. The van der Waals surface area contributed by atoms with Crippen LogP contribution in [0.25, 0.3) is 0 Å². The SMILES string of the molecule is SCC1CSC(CSc2cccc(SCC3SCC(CS)S3)c2)S1. The number of rotatable bonds is 8. The van der Waals surface area contributed by atoms with Crippen molar-refractivity contribution in [2.24, 2.45) is 0 Å². The molecule has 3 rings (SSSR count). The van der Waals surface area contributed by atoms with E-state index in [0.29, 0.717) is 0 Å². The Balaban J connectivity index is 1.42. The summed E-state index contributed by atoms with van der Waals surface area (Å²) in [6, 6.07) is 9.09. The predicted octanol–water partition coefficient (Wildman–Crippen LogP) is 6.08. The molecule has 0 aliphatic carbocycles. The molecule has 2 aliphatic heterocycles. The number of benzene rings is 1. The van der Waals surface area contributed by atoms with Gasteiger partial charge in [-0.15, -0.1) is 70.6 Å². The molecule has 0 saturated carbocycles. The molecule has 2 saturated heterocycles. The monoisotopic (exact) mass is 470 g/mol. The highest BCUT2D eigenvalue weighted by molar-refractivity contribution is 8.22. The summed E-state index contributed by atoms with van der Waals surface area (Å²) in [5, 5.41) is 1.49. The maximum absolute atomic E-state index is 4.43. The molecule has 0 aromatic heterocycles. The van der Waals surface area contributed by atoms with Crippen LogP contribution in [-0.2, 0) is 0 Å². The highest BCUT2D eigenvalue weighted by Crippen LogP contribution is 2.42. The lowest BCUT2D eigenvalue weighted by Gasteiger charge is -2.11. The third-order valence-electron chi connectivity index (χ3n) is 3.61. The predicted molar refractivity (Wildman–Crippen MR) is 131 cm³/mol. The minimum atomic E-state index is 0.730. The van der Waals surface area contributed by atoms with Gasteiger partial charge in [0.1, 0.15) is 0 Å². The Morgan fingerprint density at radius 3 is 1.79 bits per heavy atom.